The number of carbonyl (C=O) groups is 1. The maximum absolute atomic E-state index is 12.5. The summed E-state index contributed by atoms with van der Waals surface area (Å²) < 4.78 is 11.2. The largest absolute Gasteiger partial charge is 0.515 e. The van der Waals surface area contributed by atoms with E-state index >= 15 is 0 Å². The van der Waals surface area contributed by atoms with Gasteiger partial charge in [-0.2, -0.15) is 0 Å². The molecule has 2 aromatic carbocycles. The molecule has 0 atom stereocenters. The van der Waals surface area contributed by atoms with E-state index in [1.54, 1.807) is 13.2 Å². The van der Waals surface area contributed by atoms with Crippen LogP contribution in [-0.2, 0) is 13.0 Å². The average Bonchev–Trinajstić information content (AvgIpc) is 2.60. The zero-order chi connectivity index (χ0) is 16.2. The van der Waals surface area contributed by atoms with Crippen LogP contribution in [0.2, 0.25) is 0 Å². The van der Waals surface area contributed by atoms with Crippen molar-refractivity contribution in [2.45, 2.75) is 19.4 Å². The summed E-state index contributed by atoms with van der Waals surface area (Å²) in [4.78, 5) is 12.5. The van der Waals surface area contributed by atoms with Crippen molar-refractivity contribution in [1.82, 2.24) is 0 Å². The number of fused-ring (bicyclic) bond motifs is 1. The van der Waals surface area contributed by atoms with Crippen LogP contribution in [0.25, 0.3) is 0 Å². The lowest BCUT2D eigenvalue weighted by Crippen LogP contribution is -2.16. The first-order valence-corrected chi connectivity index (χ1v) is 7.48. The molecule has 0 saturated heterocycles. The Balaban J connectivity index is 1.96. The van der Waals surface area contributed by atoms with Gasteiger partial charge in [-0.25, -0.2) is 0 Å². The Morgan fingerprint density at radius 2 is 1.96 bits per heavy atom. The van der Waals surface area contributed by atoms with Crippen molar-refractivity contribution in [2.75, 3.05) is 7.11 Å². The summed E-state index contributed by atoms with van der Waals surface area (Å²) >= 11 is 0. The van der Waals surface area contributed by atoms with Crippen LogP contribution in [0.4, 0.5) is 0 Å². The van der Waals surface area contributed by atoms with Gasteiger partial charge in [0, 0.05) is 11.6 Å². The van der Waals surface area contributed by atoms with Crippen LogP contribution in [0.1, 0.15) is 27.9 Å². The number of Topliss-reactive ketones (excluding diaryl/α,β-unsaturated/α-hetero) is 1. The van der Waals surface area contributed by atoms with Gasteiger partial charge in [-0.05, 0) is 30.0 Å². The van der Waals surface area contributed by atoms with E-state index in [0.29, 0.717) is 42.1 Å². The molecule has 0 aliphatic heterocycles. The molecule has 0 radical (unpaired) electrons. The second-order valence-electron chi connectivity index (χ2n) is 5.42. The summed E-state index contributed by atoms with van der Waals surface area (Å²) in [5.74, 6) is 0.975. The van der Waals surface area contributed by atoms with Crippen molar-refractivity contribution in [3.63, 3.8) is 0 Å². The summed E-state index contributed by atoms with van der Waals surface area (Å²) in [6.45, 7) is 0.367. The molecule has 3 rings (SSSR count). The Bertz CT molecular complexity index is 747. The molecule has 1 N–H and O–H groups in total. The van der Waals surface area contributed by atoms with Crippen LogP contribution in [0.3, 0.4) is 0 Å². The van der Waals surface area contributed by atoms with Crippen LogP contribution < -0.4 is 9.47 Å². The number of methoxy groups -OCH3 is 1. The van der Waals surface area contributed by atoms with Gasteiger partial charge in [0.2, 0.25) is 0 Å². The first-order chi connectivity index (χ1) is 11.2. The molecule has 0 bridgehead atoms. The SMILES string of the molecule is COc1cc2c(c(OCc3ccccc3)c1)C(=O)C(=CO)CC2. The fourth-order valence-corrected chi connectivity index (χ4v) is 2.73. The van der Waals surface area contributed by atoms with Gasteiger partial charge in [-0.15, -0.1) is 0 Å². The fraction of sp³-hybridized carbons (Fsp3) is 0.211. The minimum Gasteiger partial charge on any atom is -0.515 e. The Hall–Kier alpha value is -2.75. The van der Waals surface area contributed by atoms with Crippen molar-refractivity contribution in [2.24, 2.45) is 0 Å². The minimum absolute atomic E-state index is 0.181. The molecule has 118 valence electrons. The molecule has 0 aromatic heterocycles. The third-order valence-electron chi connectivity index (χ3n) is 3.97. The molecule has 1 aliphatic carbocycles. The van der Waals surface area contributed by atoms with Gasteiger partial charge < -0.3 is 14.6 Å². The molecule has 0 unspecified atom stereocenters. The zero-order valence-corrected chi connectivity index (χ0v) is 12.9. The summed E-state index contributed by atoms with van der Waals surface area (Å²) in [6.07, 6.45) is 2.09. The Morgan fingerprint density at radius 3 is 2.65 bits per heavy atom. The number of allylic oxidation sites excluding steroid dienone is 1. The molecule has 0 saturated carbocycles. The summed E-state index contributed by atoms with van der Waals surface area (Å²) in [7, 11) is 1.59. The van der Waals surface area contributed by atoms with Gasteiger partial charge in [0.1, 0.15) is 18.1 Å². The molecule has 2 aromatic rings. The molecule has 0 fully saturated rings. The highest BCUT2D eigenvalue weighted by atomic mass is 16.5. The van der Waals surface area contributed by atoms with Gasteiger partial charge in [0.25, 0.3) is 0 Å². The van der Waals surface area contributed by atoms with Crippen LogP contribution in [0, 0.1) is 0 Å². The van der Waals surface area contributed by atoms with Gasteiger partial charge in [0.05, 0.1) is 18.9 Å². The predicted octanol–water partition coefficient (Wildman–Crippen LogP) is 3.85. The Labute approximate surface area is 135 Å². The first kappa shape index (κ1) is 15.2. The highest BCUT2D eigenvalue weighted by molar-refractivity contribution is 6.12. The van der Waals surface area contributed by atoms with Crippen LogP contribution in [0.15, 0.2) is 54.3 Å². The van der Waals surface area contributed by atoms with Gasteiger partial charge >= 0.3 is 0 Å². The maximum atomic E-state index is 12.5. The maximum Gasteiger partial charge on any atom is 0.196 e. The van der Waals surface area contributed by atoms with Crippen LogP contribution in [0.5, 0.6) is 11.5 Å². The van der Waals surface area contributed by atoms with Crippen molar-refractivity contribution in [1.29, 1.82) is 0 Å². The highest BCUT2D eigenvalue weighted by Gasteiger charge is 2.27. The molecule has 0 spiro atoms. The van der Waals surface area contributed by atoms with Crippen LogP contribution in [-0.4, -0.2) is 18.0 Å². The lowest BCUT2D eigenvalue weighted by atomic mass is 9.86. The number of ether oxygens (including phenoxy) is 2. The summed E-state index contributed by atoms with van der Waals surface area (Å²) in [5, 5.41) is 9.24. The first-order valence-electron chi connectivity index (χ1n) is 7.48. The highest BCUT2D eigenvalue weighted by Crippen LogP contribution is 2.36. The van der Waals surface area contributed by atoms with E-state index in [1.807, 2.05) is 36.4 Å². The third kappa shape index (κ3) is 3.06. The van der Waals surface area contributed by atoms with E-state index in [-0.39, 0.29) is 5.78 Å². The Morgan fingerprint density at radius 1 is 1.17 bits per heavy atom. The smallest absolute Gasteiger partial charge is 0.196 e. The summed E-state index contributed by atoms with van der Waals surface area (Å²) in [6, 6.07) is 13.3. The van der Waals surface area contributed by atoms with E-state index in [0.717, 1.165) is 17.4 Å². The number of aliphatic hydroxyl groups is 1. The number of rotatable bonds is 4. The molecule has 23 heavy (non-hydrogen) atoms. The second kappa shape index (κ2) is 6.57. The molecule has 4 nitrogen and oxygen atoms in total. The standard InChI is InChI=1S/C19H18O4/c1-22-16-9-14-7-8-15(11-20)19(21)18(14)17(10-16)23-12-13-5-3-2-4-6-13/h2-6,9-11,20H,7-8,12H2,1H3. The molecular formula is C19H18O4. The van der Waals surface area contributed by atoms with Crippen molar-refractivity contribution in [3.05, 3.63) is 71.0 Å². The number of aliphatic hydroxyl groups excluding tert-OH is 1. The monoisotopic (exact) mass is 310 g/mol. The lowest BCUT2D eigenvalue weighted by molar-refractivity contribution is 0.101. The molecular weight excluding hydrogens is 292 g/mol. The molecule has 1 aliphatic rings. The fourth-order valence-electron chi connectivity index (χ4n) is 2.73. The van der Waals surface area contributed by atoms with Gasteiger partial charge in [0.15, 0.2) is 5.78 Å². The molecule has 0 amide bonds. The quantitative estimate of drug-likeness (QED) is 0.688. The zero-order valence-electron chi connectivity index (χ0n) is 12.9. The topological polar surface area (TPSA) is 55.8 Å². The molecule has 4 heteroatoms. The van der Waals surface area contributed by atoms with Crippen LogP contribution >= 0.6 is 0 Å². The summed E-state index contributed by atoms with van der Waals surface area (Å²) in [5.41, 5.74) is 2.84. The van der Waals surface area contributed by atoms with E-state index in [9.17, 15) is 9.90 Å². The van der Waals surface area contributed by atoms with E-state index in [4.69, 9.17) is 9.47 Å². The van der Waals surface area contributed by atoms with E-state index < -0.39 is 0 Å². The lowest BCUT2D eigenvalue weighted by Gasteiger charge is -2.21. The second-order valence-corrected chi connectivity index (χ2v) is 5.42. The predicted molar refractivity (Wildman–Crippen MR) is 87.1 cm³/mol. The van der Waals surface area contributed by atoms with E-state index in [2.05, 4.69) is 0 Å². The number of carbonyl (C=O) groups excluding carboxylic acids is 1. The van der Waals surface area contributed by atoms with Crippen molar-refractivity contribution < 1.29 is 19.4 Å². The normalized spacial score (nSPS) is 15.3. The van der Waals surface area contributed by atoms with Crippen molar-refractivity contribution in [3.8, 4) is 11.5 Å². The third-order valence-corrected chi connectivity index (χ3v) is 3.97. The Kier molecular flexibility index (Phi) is 4.33. The number of hydrogen-bond acceptors (Lipinski definition) is 4. The molecule has 0 heterocycles. The number of benzene rings is 2. The van der Waals surface area contributed by atoms with Gasteiger partial charge in [-0.3, -0.25) is 4.79 Å². The van der Waals surface area contributed by atoms with Crippen molar-refractivity contribution >= 4 is 5.78 Å². The van der Waals surface area contributed by atoms with E-state index in [1.165, 1.54) is 0 Å². The number of hydrogen-bond donors (Lipinski definition) is 1. The van der Waals surface area contributed by atoms with Gasteiger partial charge in [-0.1, -0.05) is 30.3 Å². The number of aryl methyl sites for hydroxylation is 1. The average molecular weight is 310 g/mol. The minimum atomic E-state index is -0.181. The number of ketones is 1.